The van der Waals surface area contributed by atoms with Gasteiger partial charge < -0.3 is 5.32 Å². The molecule has 1 N–H and O–H groups in total. The molecule has 19 heavy (non-hydrogen) atoms. The number of nitrogens with zero attached hydrogens (tertiary/aromatic N) is 1. The largest absolute Gasteiger partial charge is 0.311 e. The molecule has 0 aromatic carbocycles. The lowest BCUT2D eigenvalue weighted by Crippen LogP contribution is -2.59. The Hall–Kier alpha value is 0.270. The maximum atomic E-state index is 3.79. The van der Waals surface area contributed by atoms with E-state index in [-0.39, 0.29) is 0 Å². The van der Waals surface area contributed by atoms with Crippen LogP contribution in [0.15, 0.2) is 0 Å². The van der Waals surface area contributed by atoms with Gasteiger partial charge in [-0.05, 0) is 37.4 Å². The summed E-state index contributed by atoms with van der Waals surface area (Å²) in [7, 11) is 0. The van der Waals surface area contributed by atoms with Gasteiger partial charge in [-0.25, -0.2) is 0 Å². The van der Waals surface area contributed by atoms with Crippen molar-refractivity contribution < 1.29 is 0 Å². The molecule has 0 spiro atoms. The van der Waals surface area contributed by atoms with Crippen LogP contribution in [0.25, 0.3) is 0 Å². The summed E-state index contributed by atoms with van der Waals surface area (Å²) in [5, 5.41) is 3.79. The normalized spacial score (nSPS) is 31.1. The molecule has 2 aliphatic rings. The quantitative estimate of drug-likeness (QED) is 0.806. The van der Waals surface area contributed by atoms with Crippen molar-refractivity contribution >= 4 is 11.8 Å². The molecule has 1 heterocycles. The summed E-state index contributed by atoms with van der Waals surface area (Å²) in [6.45, 7) is 13.2. The van der Waals surface area contributed by atoms with E-state index in [9.17, 15) is 0 Å². The fourth-order valence-corrected chi connectivity index (χ4v) is 4.21. The predicted molar refractivity (Wildman–Crippen MR) is 86.9 cm³/mol. The minimum atomic E-state index is 0.604. The van der Waals surface area contributed by atoms with Gasteiger partial charge in [0.2, 0.25) is 0 Å². The van der Waals surface area contributed by atoms with E-state index in [1.807, 2.05) is 0 Å². The van der Waals surface area contributed by atoms with Crippen LogP contribution in [0, 0.1) is 11.8 Å². The van der Waals surface area contributed by atoms with Gasteiger partial charge in [0, 0.05) is 36.5 Å². The van der Waals surface area contributed by atoms with Crippen molar-refractivity contribution in [2.75, 3.05) is 25.9 Å². The first-order valence-corrected chi connectivity index (χ1v) is 9.21. The van der Waals surface area contributed by atoms with Crippen LogP contribution < -0.4 is 5.32 Å². The molecule has 112 valence electrons. The van der Waals surface area contributed by atoms with Crippen LogP contribution in [-0.4, -0.2) is 47.6 Å². The molecule has 0 amide bonds. The number of nitrogens with one attached hydrogen (secondary N) is 1. The van der Waals surface area contributed by atoms with Gasteiger partial charge in [0.25, 0.3) is 0 Å². The minimum Gasteiger partial charge on any atom is -0.311 e. The first-order chi connectivity index (χ1) is 8.96. The Kier molecular flexibility index (Phi) is 5.24. The topological polar surface area (TPSA) is 15.3 Å². The fraction of sp³-hybridized carbons (Fsp3) is 1.00. The average molecular weight is 285 g/mol. The van der Waals surface area contributed by atoms with E-state index in [2.05, 4.69) is 55.9 Å². The van der Waals surface area contributed by atoms with E-state index in [1.54, 1.807) is 0 Å². The SMILES string of the molecule is CSC1(CN2CC(CC(C)C)NCC2C(C)C)CC1. The van der Waals surface area contributed by atoms with Crippen LogP contribution in [0.4, 0.5) is 0 Å². The zero-order chi connectivity index (χ0) is 14.0. The maximum absolute atomic E-state index is 3.79. The van der Waals surface area contributed by atoms with Gasteiger partial charge in [0.15, 0.2) is 0 Å². The number of hydrogen-bond donors (Lipinski definition) is 1. The highest BCUT2D eigenvalue weighted by molar-refractivity contribution is 8.00. The first kappa shape index (κ1) is 15.7. The van der Waals surface area contributed by atoms with Crippen molar-refractivity contribution in [2.45, 2.75) is 63.8 Å². The Morgan fingerprint density at radius 1 is 1.26 bits per heavy atom. The van der Waals surface area contributed by atoms with Gasteiger partial charge in [-0.15, -0.1) is 0 Å². The van der Waals surface area contributed by atoms with Crippen LogP contribution in [0.1, 0.15) is 47.0 Å². The molecule has 2 rings (SSSR count). The van der Waals surface area contributed by atoms with Crippen molar-refractivity contribution in [3.8, 4) is 0 Å². The van der Waals surface area contributed by atoms with Crippen molar-refractivity contribution in [3.05, 3.63) is 0 Å². The van der Waals surface area contributed by atoms with Crippen molar-refractivity contribution in [2.24, 2.45) is 11.8 Å². The minimum absolute atomic E-state index is 0.604. The highest BCUT2D eigenvalue weighted by Crippen LogP contribution is 2.48. The summed E-state index contributed by atoms with van der Waals surface area (Å²) in [5.74, 6) is 1.55. The summed E-state index contributed by atoms with van der Waals surface area (Å²) in [5.41, 5.74) is 0. The van der Waals surface area contributed by atoms with Gasteiger partial charge in [-0.1, -0.05) is 27.7 Å². The number of thioether (sulfide) groups is 1. The average Bonchev–Trinajstić information content (AvgIpc) is 3.08. The molecule has 0 aromatic heterocycles. The van der Waals surface area contributed by atoms with Gasteiger partial charge in [-0.3, -0.25) is 4.90 Å². The van der Waals surface area contributed by atoms with E-state index in [0.717, 1.165) is 17.9 Å². The van der Waals surface area contributed by atoms with E-state index in [1.165, 1.54) is 38.9 Å². The van der Waals surface area contributed by atoms with Gasteiger partial charge in [0.05, 0.1) is 0 Å². The van der Waals surface area contributed by atoms with Crippen LogP contribution in [0.3, 0.4) is 0 Å². The summed E-state index contributed by atoms with van der Waals surface area (Å²) in [4.78, 5) is 2.80. The molecule has 3 heteroatoms. The van der Waals surface area contributed by atoms with E-state index >= 15 is 0 Å². The first-order valence-electron chi connectivity index (χ1n) is 7.98. The number of hydrogen-bond acceptors (Lipinski definition) is 3. The molecule has 1 aliphatic carbocycles. The second-order valence-electron chi connectivity index (χ2n) is 7.36. The van der Waals surface area contributed by atoms with Gasteiger partial charge in [0.1, 0.15) is 0 Å². The lowest BCUT2D eigenvalue weighted by atomic mass is 9.94. The molecule has 1 aliphatic heterocycles. The third kappa shape index (κ3) is 4.12. The molecule has 2 unspecified atom stereocenters. The number of piperazine rings is 1. The smallest absolute Gasteiger partial charge is 0.0285 e. The van der Waals surface area contributed by atoms with E-state index < -0.39 is 0 Å². The molecule has 0 bridgehead atoms. The summed E-state index contributed by atoms with van der Waals surface area (Å²) < 4.78 is 0.604. The zero-order valence-corrected chi connectivity index (χ0v) is 14.2. The molecule has 0 aromatic rings. The highest BCUT2D eigenvalue weighted by Gasteiger charge is 2.45. The van der Waals surface area contributed by atoms with Crippen LogP contribution in [0.5, 0.6) is 0 Å². The second-order valence-corrected chi connectivity index (χ2v) is 8.64. The molecule has 2 atom stereocenters. The predicted octanol–water partition coefficient (Wildman–Crippen LogP) is 3.23. The Labute approximate surface area is 124 Å². The molecular weight excluding hydrogens is 252 g/mol. The lowest BCUT2D eigenvalue weighted by molar-refractivity contribution is 0.0909. The van der Waals surface area contributed by atoms with E-state index in [4.69, 9.17) is 0 Å². The van der Waals surface area contributed by atoms with Crippen molar-refractivity contribution in [1.82, 2.24) is 10.2 Å². The molecule has 1 saturated heterocycles. The van der Waals surface area contributed by atoms with Crippen molar-refractivity contribution in [1.29, 1.82) is 0 Å². The Morgan fingerprint density at radius 3 is 2.42 bits per heavy atom. The Balaban J connectivity index is 1.96. The molecule has 2 fully saturated rings. The van der Waals surface area contributed by atoms with Gasteiger partial charge in [-0.2, -0.15) is 11.8 Å². The van der Waals surface area contributed by atoms with Gasteiger partial charge >= 0.3 is 0 Å². The van der Waals surface area contributed by atoms with Crippen molar-refractivity contribution in [3.63, 3.8) is 0 Å². The standard InChI is InChI=1S/C16H32N2S/c1-12(2)8-14-10-18(11-16(19-5)6-7-16)15(9-17-14)13(3)4/h12-15,17H,6-11H2,1-5H3. The lowest BCUT2D eigenvalue weighted by Gasteiger charge is -2.44. The molecule has 0 radical (unpaired) electrons. The zero-order valence-electron chi connectivity index (χ0n) is 13.4. The van der Waals surface area contributed by atoms with E-state index in [0.29, 0.717) is 10.8 Å². The molecule has 1 saturated carbocycles. The van der Waals surface area contributed by atoms with Crippen LogP contribution in [0.2, 0.25) is 0 Å². The van der Waals surface area contributed by atoms with Crippen LogP contribution in [-0.2, 0) is 0 Å². The summed E-state index contributed by atoms with van der Waals surface area (Å²) in [6, 6.07) is 1.43. The highest BCUT2D eigenvalue weighted by atomic mass is 32.2. The van der Waals surface area contributed by atoms with Crippen LogP contribution >= 0.6 is 11.8 Å². The maximum Gasteiger partial charge on any atom is 0.0285 e. The third-order valence-corrected chi connectivity index (χ3v) is 6.20. The monoisotopic (exact) mass is 284 g/mol. The molecule has 2 nitrogen and oxygen atoms in total. The Morgan fingerprint density at radius 2 is 1.95 bits per heavy atom. The fourth-order valence-electron chi connectivity index (χ4n) is 3.40. The summed E-state index contributed by atoms with van der Waals surface area (Å²) >= 11 is 2.10. The summed E-state index contributed by atoms with van der Waals surface area (Å²) in [6.07, 6.45) is 6.47. The second kappa shape index (κ2) is 6.36. The Bertz CT molecular complexity index is 286. The third-order valence-electron chi connectivity index (χ3n) is 4.80. The molecular formula is C16H32N2S. The number of rotatable bonds is 6.